The molecule has 0 N–H and O–H groups in total. The van der Waals surface area contributed by atoms with Crippen molar-refractivity contribution in [3.8, 4) is 28.1 Å². The van der Waals surface area contributed by atoms with Crippen LogP contribution in [-0.2, 0) is 6.61 Å². The van der Waals surface area contributed by atoms with Crippen molar-refractivity contribution in [2.24, 2.45) is 0 Å². The van der Waals surface area contributed by atoms with E-state index in [1.165, 1.54) is 11.3 Å². The summed E-state index contributed by atoms with van der Waals surface area (Å²) in [6, 6.07) is 13.8. The fraction of sp³-hybridized carbons (Fsp3) is 0.143. The van der Waals surface area contributed by atoms with Crippen LogP contribution in [0.2, 0.25) is 0 Å². The van der Waals surface area contributed by atoms with Crippen LogP contribution in [0.3, 0.4) is 0 Å². The molecule has 5 aromatic rings. The number of aromatic nitrogens is 3. The van der Waals surface area contributed by atoms with E-state index in [4.69, 9.17) is 18.6 Å². The third-order valence-corrected chi connectivity index (χ3v) is 6.26. The summed E-state index contributed by atoms with van der Waals surface area (Å²) in [5.74, 6) is 1.91. The van der Waals surface area contributed by atoms with Crippen molar-refractivity contribution < 1.29 is 18.6 Å². The molecule has 7 nitrogen and oxygen atoms in total. The van der Waals surface area contributed by atoms with Crippen molar-refractivity contribution >= 4 is 43.2 Å². The van der Waals surface area contributed by atoms with Crippen LogP contribution in [0.4, 0.5) is 0 Å². The largest absolute Gasteiger partial charge is 0.495 e. The van der Waals surface area contributed by atoms with Crippen LogP contribution in [0, 0.1) is 0 Å². The summed E-state index contributed by atoms with van der Waals surface area (Å²) in [7, 11) is 3.19. The molecular weight excluding hydrogens is 470 g/mol. The monoisotopic (exact) mass is 485 g/mol. The molecule has 3 aromatic heterocycles. The van der Waals surface area contributed by atoms with E-state index in [1.54, 1.807) is 24.9 Å². The van der Waals surface area contributed by atoms with Crippen molar-refractivity contribution in [2.75, 3.05) is 14.2 Å². The van der Waals surface area contributed by atoms with Gasteiger partial charge in [-0.05, 0) is 38.9 Å². The van der Waals surface area contributed by atoms with Crippen LogP contribution >= 0.6 is 27.3 Å². The lowest BCUT2D eigenvalue weighted by Gasteiger charge is -2.10. The number of imidazole rings is 1. The molecule has 5 rings (SSSR count). The second-order valence-electron chi connectivity index (χ2n) is 6.43. The van der Waals surface area contributed by atoms with E-state index in [9.17, 15) is 0 Å². The third-order valence-electron chi connectivity index (χ3n) is 4.63. The van der Waals surface area contributed by atoms with Gasteiger partial charge in [-0.25, -0.2) is 4.98 Å². The Hall–Kier alpha value is -3.04. The summed E-state index contributed by atoms with van der Waals surface area (Å²) in [6.07, 6.45) is 1.73. The molecule has 0 radical (unpaired) electrons. The Balaban J connectivity index is 1.61. The zero-order chi connectivity index (χ0) is 20.7. The van der Waals surface area contributed by atoms with Crippen molar-refractivity contribution in [3.05, 3.63) is 58.7 Å². The Labute approximate surface area is 183 Å². The maximum atomic E-state index is 6.19. The molecule has 0 fully saturated rings. The Morgan fingerprint density at radius 1 is 1.10 bits per heavy atom. The number of ether oxygens (including phenoxy) is 3. The van der Waals surface area contributed by atoms with Gasteiger partial charge in [-0.1, -0.05) is 30.3 Å². The molecule has 0 spiro atoms. The van der Waals surface area contributed by atoms with Gasteiger partial charge < -0.3 is 18.6 Å². The minimum atomic E-state index is 0.432. The molecule has 152 valence electrons. The van der Waals surface area contributed by atoms with E-state index in [2.05, 4.69) is 26.0 Å². The SMILES string of the molecule is COc1nn2c(-c3cc4c(OCc5ccccc5)cc(OC)c(Br)c4o3)cnc2s1. The Kier molecular flexibility index (Phi) is 4.84. The molecule has 0 aliphatic rings. The van der Waals surface area contributed by atoms with Gasteiger partial charge in [0.15, 0.2) is 11.3 Å². The van der Waals surface area contributed by atoms with E-state index in [0.717, 1.165) is 26.1 Å². The molecule has 0 atom stereocenters. The maximum absolute atomic E-state index is 6.19. The second kappa shape index (κ2) is 7.66. The quantitative estimate of drug-likeness (QED) is 0.313. The molecule has 3 heterocycles. The average Bonchev–Trinajstić information content (AvgIpc) is 3.48. The van der Waals surface area contributed by atoms with Crippen LogP contribution in [0.15, 0.2) is 57.6 Å². The first-order valence-electron chi connectivity index (χ1n) is 9.03. The summed E-state index contributed by atoms with van der Waals surface area (Å²) < 4.78 is 25.5. The number of benzene rings is 2. The van der Waals surface area contributed by atoms with Crippen LogP contribution in [0.5, 0.6) is 16.7 Å². The highest BCUT2D eigenvalue weighted by atomic mass is 79.9. The van der Waals surface area contributed by atoms with Gasteiger partial charge in [0.25, 0.3) is 5.19 Å². The van der Waals surface area contributed by atoms with Crippen LogP contribution in [0.25, 0.3) is 27.4 Å². The lowest BCUT2D eigenvalue weighted by Crippen LogP contribution is -1.96. The summed E-state index contributed by atoms with van der Waals surface area (Å²) in [5, 5.41) is 5.77. The number of fused-ring (bicyclic) bond motifs is 2. The third kappa shape index (κ3) is 3.20. The number of hydrogen-bond acceptors (Lipinski definition) is 7. The number of rotatable bonds is 6. The van der Waals surface area contributed by atoms with Crippen molar-refractivity contribution in [1.29, 1.82) is 0 Å². The molecule has 0 amide bonds. The smallest absolute Gasteiger partial charge is 0.294 e. The molecule has 0 saturated heterocycles. The van der Waals surface area contributed by atoms with Gasteiger partial charge in [0.2, 0.25) is 4.96 Å². The lowest BCUT2D eigenvalue weighted by molar-refractivity contribution is 0.307. The minimum absolute atomic E-state index is 0.432. The standard InChI is InChI=1S/C21H16BrN3O4S/c1-26-17-9-15(28-11-12-6-4-3-5-7-12)13-8-16(29-19(13)18(17)22)14-10-23-20-25(14)24-21(27-2)30-20/h3-10H,11H2,1-2H3. The first-order valence-corrected chi connectivity index (χ1v) is 10.6. The Morgan fingerprint density at radius 3 is 2.70 bits per heavy atom. The average molecular weight is 486 g/mol. The summed E-state index contributed by atoms with van der Waals surface area (Å²) in [6.45, 7) is 0.432. The summed E-state index contributed by atoms with van der Waals surface area (Å²) >= 11 is 4.94. The van der Waals surface area contributed by atoms with Crippen molar-refractivity contribution in [1.82, 2.24) is 14.6 Å². The highest BCUT2D eigenvalue weighted by molar-refractivity contribution is 9.10. The Bertz CT molecular complexity index is 1340. The van der Waals surface area contributed by atoms with Crippen LogP contribution in [-0.4, -0.2) is 28.8 Å². The molecule has 0 unspecified atom stereocenters. The molecule has 9 heteroatoms. The number of halogens is 1. The van der Waals surface area contributed by atoms with E-state index in [1.807, 2.05) is 42.5 Å². The molecular formula is C21H16BrN3O4S. The number of furan rings is 1. The maximum Gasteiger partial charge on any atom is 0.294 e. The molecule has 0 aliphatic carbocycles. The summed E-state index contributed by atoms with van der Waals surface area (Å²) in [5.41, 5.74) is 2.42. The predicted molar refractivity (Wildman–Crippen MR) is 118 cm³/mol. The van der Waals surface area contributed by atoms with Gasteiger partial charge >= 0.3 is 0 Å². The van der Waals surface area contributed by atoms with Gasteiger partial charge in [0.05, 0.1) is 25.8 Å². The topological polar surface area (TPSA) is 71.0 Å². The van der Waals surface area contributed by atoms with Gasteiger partial charge in [0.1, 0.15) is 28.3 Å². The Morgan fingerprint density at radius 2 is 1.93 bits per heavy atom. The molecule has 0 saturated carbocycles. The lowest BCUT2D eigenvalue weighted by atomic mass is 10.2. The van der Waals surface area contributed by atoms with Crippen LogP contribution < -0.4 is 14.2 Å². The van der Waals surface area contributed by atoms with Crippen LogP contribution in [0.1, 0.15) is 5.56 Å². The summed E-state index contributed by atoms with van der Waals surface area (Å²) in [4.78, 5) is 5.12. The van der Waals surface area contributed by atoms with E-state index in [0.29, 0.717) is 34.6 Å². The van der Waals surface area contributed by atoms with E-state index in [-0.39, 0.29) is 0 Å². The molecule has 0 bridgehead atoms. The number of hydrogen-bond donors (Lipinski definition) is 0. The number of nitrogens with zero attached hydrogens (tertiary/aromatic N) is 3. The fourth-order valence-corrected chi connectivity index (χ4v) is 4.43. The minimum Gasteiger partial charge on any atom is -0.495 e. The van der Waals surface area contributed by atoms with Gasteiger partial charge in [-0.15, -0.1) is 5.10 Å². The highest BCUT2D eigenvalue weighted by Gasteiger charge is 2.21. The van der Waals surface area contributed by atoms with Crippen molar-refractivity contribution in [2.45, 2.75) is 6.61 Å². The predicted octanol–water partition coefficient (Wildman–Crippen LogP) is 5.56. The van der Waals surface area contributed by atoms with E-state index >= 15 is 0 Å². The molecule has 30 heavy (non-hydrogen) atoms. The zero-order valence-corrected chi connectivity index (χ0v) is 18.5. The first kappa shape index (κ1) is 19.0. The second-order valence-corrected chi connectivity index (χ2v) is 8.14. The molecule has 0 aliphatic heterocycles. The fourth-order valence-electron chi connectivity index (χ4n) is 3.16. The number of methoxy groups -OCH3 is 2. The zero-order valence-electron chi connectivity index (χ0n) is 16.1. The van der Waals surface area contributed by atoms with Gasteiger partial charge in [0, 0.05) is 6.07 Å². The molecule has 2 aromatic carbocycles. The van der Waals surface area contributed by atoms with E-state index < -0.39 is 0 Å². The normalized spacial score (nSPS) is 11.3. The first-order chi connectivity index (χ1) is 14.7. The van der Waals surface area contributed by atoms with Gasteiger partial charge in [-0.3, -0.25) is 0 Å². The highest BCUT2D eigenvalue weighted by Crippen LogP contribution is 2.43. The van der Waals surface area contributed by atoms with Gasteiger partial charge in [-0.2, -0.15) is 4.52 Å². The van der Waals surface area contributed by atoms with Crippen molar-refractivity contribution in [3.63, 3.8) is 0 Å².